The Kier molecular flexibility index (Phi) is 5.76. The molecule has 0 bridgehead atoms. The van der Waals surface area contributed by atoms with Gasteiger partial charge in [-0.15, -0.1) is 0 Å². The highest BCUT2D eigenvalue weighted by molar-refractivity contribution is 5.30. The van der Waals surface area contributed by atoms with Gasteiger partial charge in [0, 0.05) is 6.54 Å². The Bertz CT molecular complexity index is 583. The first kappa shape index (κ1) is 15.5. The molecule has 0 heterocycles. The second kappa shape index (κ2) is 7.79. The normalized spacial score (nSPS) is 10.6. The van der Waals surface area contributed by atoms with Crippen LogP contribution in [-0.4, -0.2) is 6.54 Å². The predicted octanol–water partition coefficient (Wildman–Crippen LogP) is 4.21. The number of hydrogen-bond donors (Lipinski definition) is 1. The Morgan fingerprint density at radius 2 is 1.90 bits per heavy atom. The van der Waals surface area contributed by atoms with E-state index in [1.165, 1.54) is 11.6 Å². The number of ether oxygens (including phenoxy) is 1. The molecule has 0 aromatic heterocycles. The summed E-state index contributed by atoms with van der Waals surface area (Å²) >= 11 is 0. The maximum atomic E-state index is 13.6. The first-order valence-electron chi connectivity index (χ1n) is 7.36. The molecule has 0 fully saturated rings. The van der Waals surface area contributed by atoms with Crippen molar-refractivity contribution < 1.29 is 9.13 Å². The average Bonchev–Trinajstić information content (AvgIpc) is 2.49. The third kappa shape index (κ3) is 4.87. The Labute approximate surface area is 126 Å². The highest BCUT2D eigenvalue weighted by Crippen LogP contribution is 2.20. The Morgan fingerprint density at radius 3 is 2.71 bits per heavy atom. The summed E-state index contributed by atoms with van der Waals surface area (Å²) in [5, 5.41) is 3.37. The van der Waals surface area contributed by atoms with E-state index in [1.807, 2.05) is 19.1 Å². The van der Waals surface area contributed by atoms with Crippen LogP contribution in [0.2, 0.25) is 0 Å². The minimum Gasteiger partial charge on any atom is -0.486 e. The Balaban J connectivity index is 1.96. The van der Waals surface area contributed by atoms with Gasteiger partial charge < -0.3 is 10.1 Å². The molecule has 0 unspecified atom stereocenters. The van der Waals surface area contributed by atoms with Gasteiger partial charge in [-0.3, -0.25) is 0 Å². The van der Waals surface area contributed by atoms with Crippen LogP contribution in [0.4, 0.5) is 4.39 Å². The predicted molar refractivity (Wildman–Crippen MR) is 83.9 cm³/mol. The lowest BCUT2D eigenvalue weighted by Gasteiger charge is -2.10. The number of rotatable bonds is 7. The molecule has 2 aromatic carbocycles. The van der Waals surface area contributed by atoms with Crippen molar-refractivity contribution in [1.82, 2.24) is 5.32 Å². The van der Waals surface area contributed by atoms with Crippen molar-refractivity contribution in [3.05, 3.63) is 65.0 Å². The van der Waals surface area contributed by atoms with Crippen molar-refractivity contribution in [1.29, 1.82) is 0 Å². The van der Waals surface area contributed by atoms with Gasteiger partial charge in [-0.2, -0.15) is 0 Å². The fraction of sp³-hybridized carbons (Fsp3) is 0.333. The zero-order valence-corrected chi connectivity index (χ0v) is 12.7. The summed E-state index contributed by atoms with van der Waals surface area (Å²) in [6, 6.07) is 13.1. The molecule has 21 heavy (non-hydrogen) atoms. The Morgan fingerprint density at radius 1 is 1.10 bits per heavy atom. The summed E-state index contributed by atoms with van der Waals surface area (Å²) in [5.74, 6) is -0.00845. The molecule has 2 aromatic rings. The van der Waals surface area contributed by atoms with Gasteiger partial charge in [-0.25, -0.2) is 4.39 Å². The van der Waals surface area contributed by atoms with Gasteiger partial charge in [0.1, 0.15) is 6.61 Å². The van der Waals surface area contributed by atoms with E-state index in [0.717, 1.165) is 30.6 Å². The van der Waals surface area contributed by atoms with E-state index in [0.29, 0.717) is 12.4 Å². The second-order valence-corrected chi connectivity index (χ2v) is 5.22. The topological polar surface area (TPSA) is 21.3 Å². The first-order valence-corrected chi connectivity index (χ1v) is 7.36. The molecule has 2 rings (SSSR count). The zero-order valence-electron chi connectivity index (χ0n) is 12.7. The minimum atomic E-state index is -0.318. The summed E-state index contributed by atoms with van der Waals surface area (Å²) in [5.41, 5.74) is 3.25. The molecule has 0 aliphatic heterocycles. The van der Waals surface area contributed by atoms with Crippen molar-refractivity contribution in [3.8, 4) is 5.75 Å². The second-order valence-electron chi connectivity index (χ2n) is 5.22. The van der Waals surface area contributed by atoms with E-state index in [9.17, 15) is 4.39 Å². The summed E-state index contributed by atoms with van der Waals surface area (Å²) in [6.45, 7) is 6.30. The molecule has 0 amide bonds. The Hall–Kier alpha value is -1.87. The highest BCUT2D eigenvalue weighted by atomic mass is 19.1. The van der Waals surface area contributed by atoms with Gasteiger partial charge in [-0.1, -0.05) is 37.3 Å². The van der Waals surface area contributed by atoms with Crippen LogP contribution in [0.25, 0.3) is 0 Å². The molecule has 0 aliphatic carbocycles. The molecule has 0 atom stereocenters. The number of hydrogen-bond acceptors (Lipinski definition) is 2. The molecule has 0 saturated carbocycles. The molecule has 1 N–H and O–H groups in total. The van der Waals surface area contributed by atoms with Crippen LogP contribution in [0.5, 0.6) is 5.75 Å². The molecular formula is C18H22FNO. The smallest absolute Gasteiger partial charge is 0.165 e. The molecule has 0 spiro atoms. The van der Waals surface area contributed by atoms with E-state index >= 15 is 0 Å². The van der Waals surface area contributed by atoms with Crippen molar-refractivity contribution in [2.45, 2.75) is 33.4 Å². The monoisotopic (exact) mass is 287 g/mol. The molecule has 0 saturated heterocycles. The molecule has 2 nitrogen and oxygen atoms in total. The first-order chi connectivity index (χ1) is 10.2. The van der Waals surface area contributed by atoms with Gasteiger partial charge >= 0.3 is 0 Å². The lowest BCUT2D eigenvalue weighted by molar-refractivity contribution is 0.290. The third-order valence-electron chi connectivity index (χ3n) is 3.23. The largest absolute Gasteiger partial charge is 0.486 e. The van der Waals surface area contributed by atoms with Crippen LogP contribution in [0.3, 0.4) is 0 Å². The van der Waals surface area contributed by atoms with Gasteiger partial charge in [0.2, 0.25) is 0 Å². The SMILES string of the molecule is CCCNCc1cccc(COc2cc(C)ccc2F)c1. The minimum absolute atomic E-state index is 0.310. The molecule has 0 aliphatic rings. The lowest BCUT2D eigenvalue weighted by Crippen LogP contribution is -2.13. The van der Waals surface area contributed by atoms with E-state index in [1.54, 1.807) is 12.1 Å². The number of nitrogens with one attached hydrogen (secondary N) is 1. The van der Waals surface area contributed by atoms with Crippen molar-refractivity contribution >= 4 is 0 Å². The van der Waals surface area contributed by atoms with Crippen LogP contribution < -0.4 is 10.1 Å². The van der Waals surface area contributed by atoms with Crippen LogP contribution in [0.1, 0.15) is 30.0 Å². The molecule has 0 radical (unpaired) electrons. The zero-order chi connectivity index (χ0) is 15.1. The number of benzene rings is 2. The van der Waals surface area contributed by atoms with Gasteiger partial charge in [0.05, 0.1) is 0 Å². The third-order valence-corrected chi connectivity index (χ3v) is 3.23. The van der Waals surface area contributed by atoms with Crippen LogP contribution in [0.15, 0.2) is 42.5 Å². The lowest BCUT2D eigenvalue weighted by atomic mass is 10.1. The van der Waals surface area contributed by atoms with Crippen LogP contribution >= 0.6 is 0 Å². The summed E-state index contributed by atoms with van der Waals surface area (Å²) in [6.07, 6.45) is 1.12. The fourth-order valence-corrected chi connectivity index (χ4v) is 2.12. The standard InChI is InChI=1S/C18H22FNO/c1-3-9-20-12-15-5-4-6-16(11-15)13-21-18-10-14(2)7-8-17(18)19/h4-8,10-11,20H,3,9,12-13H2,1-2H3. The van der Waals surface area contributed by atoms with Crippen molar-refractivity contribution in [3.63, 3.8) is 0 Å². The summed E-state index contributed by atoms with van der Waals surface area (Å²) < 4.78 is 19.2. The van der Waals surface area contributed by atoms with E-state index in [-0.39, 0.29) is 5.82 Å². The van der Waals surface area contributed by atoms with E-state index in [2.05, 4.69) is 24.4 Å². The maximum Gasteiger partial charge on any atom is 0.165 e. The van der Waals surface area contributed by atoms with E-state index < -0.39 is 0 Å². The summed E-state index contributed by atoms with van der Waals surface area (Å²) in [4.78, 5) is 0. The quantitative estimate of drug-likeness (QED) is 0.770. The number of aryl methyl sites for hydroxylation is 1. The van der Waals surface area contributed by atoms with Gasteiger partial charge in [-0.05, 0) is 48.7 Å². The average molecular weight is 287 g/mol. The number of halogens is 1. The fourth-order valence-electron chi connectivity index (χ4n) is 2.12. The molecular weight excluding hydrogens is 265 g/mol. The highest BCUT2D eigenvalue weighted by Gasteiger charge is 2.04. The molecule has 112 valence electrons. The summed E-state index contributed by atoms with van der Waals surface area (Å²) in [7, 11) is 0. The van der Waals surface area contributed by atoms with Gasteiger partial charge in [0.25, 0.3) is 0 Å². The maximum absolute atomic E-state index is 13.6. The van der Waals surface area contributed by atoms with Gasteiger partial charge in [0.15, 0.2) is 11.6 Å². The van der Waals surface area contributed by atoms with Crippen LogP contribution in [-0.2, 0) is 13.2 Å². The van der Waals surface area contributed by atoms with Crippen molar-refractivity contribution in [2.24, 2.45) is 0 Å². The van der Waals surface area contributed by atoms with Crippen molar-refractivity contribution in [2.75, 3.05) is 6.54 Å². The van der Waals surface area contributed by atoms with E-state index in [4.69, 9.17) is 4.74 Å². The van der Waals surface area contributed by atoms with Crippen LogP contribution in [0, 0.1) is 12.7 Å². The molecule has 3 heteroatoms.